The topological polar surface area (TPSA) is 62.7 Å². The lowest BCUT2D eigenvalue weighted by Crippen LogP contribution is -2.30. The van der Waals surface area contributed by atoms with Gasteiger partial charge < -0.3 is 10.1 Å². The van der Waals surface area contributed by atoms with E-state index >= 15 is 0 Å². The van der Waals surface area contributed by atoms with Gasteiger partial charge in [-0.1, -0.05) is 42.5 Å². The molecule has 0 aromatic heterocycles. The summed E-state index contributed by atoms with van der Waals surface area (Å²) in [4.78, 5) is 12.0. The molecule has 0 unspecified atom stereocenters. The smallest absolute Gasteiger partial charge is 0.284 e. The highest BCUT2D eigenvalue weighted by molar-refractivity contribution is 7.82. The lowest BCUT2D eigenvalue weighted by Gasteiger charge is -2.08. The quantitative estimate of drug-likeness (QED) is 0.515. The number of hydrogen-bond acceptors (Lipinski definition) is 4. The molecule has 0 radical (unpaired) electrons. The van der Waals surface area contributed by atoms with Crippen LogP contribution < -0.4 is 15.5 Å². The molecule has 0 aliphatic heterocycles. The third kappa shape index (κ3) is 4.62. The van der Waals surface area contributed by atoms with E-state index in [0.717, 1.165) is 16.8 Å². The van der Waals surface area contributed by atoms with E-state index in [1.54, 1.807) is 13.3 Å². The first-order valence-corrected chi connectivity index (χ1v) is 7.35. The molecule has 0 fully saturated rings. The number of anilines is 1. The first kappa shape index (κ1) is 16.6. The van der Waals surface area contributed by atoms with Gasteiger partial charge >= 0.3 is 0 Å². The molecular formula is C17H17N3O2S. The van der Waals surface area contributed by atoms with Crippen LogP contribution in [0.5, 0.6) is 5.75 Å². The van der Waals surface area contributed by atoms with E-state index in [1.807, 2.05) is 55.5 Å². The van der Waals surface area contributed by atoms with Crippen molar-refractivity contribution in [2.24, 2.45) is 5.10 Å². The van der Waals surface area contributed by atoms with Crippen LogP contribution in [0.3, 0.4) is 0 Å². The summed E-state index contributed by atoms with van der Waals surface area (Å²) >= 11 is 5.03. The van der Waals surface area contributed by atoms with Crippen LogP contribution in [0.4, 0.5) is 5.69 Å². The van der Waals surface area contributed by atoms with Crippen LogP contribution in [-0.4, -0.2) is 24.2 Å². The summed E-state index contributed by atoms with van der Waals surface area (Å²) in [7, 11) is 1.58. The average Bonchev–Trinajstić information content (AvgIpc) is 2.57. The molecule has 0 bridgehead atoms. The zero-order chi connectivity index (χ0) is 16.7. The molecule has 2 rings (SSSR count). The van der Waals surface area contributed by atoms with Crippen molar-refractivity contribution in [2.45, 2.75) is 6.92 Å². The fraction of sp³-hybridized carbons (Fsp3) is 0.118. The van der Waals surface area contributed by atoms with Crippen LogP contribution in [-0.2, 0) is 4.79 Å². The van der Waals surface area contributed by atoms with E-state index in [4.69, 9.17) is 17.0 Å². The SMILES string of the molecule is COc1ccccc1/C=N/NC(=S)C(=O)Nc1ccccc1C. The van der Waals surface area contributed by atoms with Gasteiger partial charge in [-0.05, 0) is 30.7 Å². The second-order valence-corrected chi connectivity index (χ2v) is 5.12. The number of hydrazone groups is 1. The van der Waals surface area contributed by atoms with Crippen LogP contribution in [0.15, 0.2) is 53.6 Å². The maximum Gasteiger partial charge on any atom is 0.284 e. The Labute approximate surface area is 140 Å². The molecular weight excluding hydrogens is 310 g/mol. The van der Waals surface area contributed by atoms with Gasteiger partial charge in [-0.3, -0.25) is 10.2 Å². The lowest BCUT2D eigenvalue weighted by molar-refractivity contribution is -0.110. The Morgan fingerprint density at radius 3 is 2.61 bits per heavy atom. The van der Waals surface area contributed by atoms with Gasteiger partial charge in [0.25, 0.3) is 5.91 Å². The molecule has 2 N–H and O–H groups in total. The first-order chi connectivity index (χ1) is 11.1. The summed E-state index contributed by atoms with van der Waals surface area (Å²) in [6, 6.07) is 14.9. The molecule has 118 valence electrons. The van der Waals surface area contributed by atoms with Crippen molar-refractivity contribution >= 4 is 35.0 Å². The molecule has 23 heavy (non-hydrogen) atoms. The fourth-order valence-electron chi connectivity index (χ4n) is 1.88. The number of benzene rings is 2. The van der Waals surface area contributed by atoms with Crippen molar-refractivity contribution in [2.75, 3.05) is 12.4 Å². The standard InChI is InChI=1S/C17H17N3O2S/c1-12-7-3-5-9-14(12)19-16(21)17(23)20-18-11-13-8-4-6-10-15(13)22-2/h3-11H,1-2H3,(H,19,21)(H,20,23)/b18-11+. The average molecular weight is 327 g/mol. The van der Waals surface area contributed by atoms with E-state index in [-0.39, 0.29) is 4.99 Å². The zero-order valence-corrected chi connectivity index (χ0v) is 13.7. The van der Waals surface area contributed by atoms with Crippen molar-refractivity contribution in [3.05, 3.63) is 59.7 Å². The van der Waals surface area contributed by atoms with E-state index < -0.39 is 5.91 Å². The van der Waals surface area contributed by atoms with Gasteiger partial charge in [0.05, 0.1) is 13.3 Å². The molecule has 0 saturated heterocycles. The molecule has 0 aliphatic carbocycles. The van der Waals surface area contributed by atoms with E-state index in [2.05, 4.69) is 15.8 Å². The Morgan fingerprint density at radius 1 is 1.17 bits per heavy atom. The number of methoxy groups -OCH3 is 1. The van der Waals surface area contributed by atoms with Gasteiger partial charge in [-0.25, -0.2) is 0 Å². The minimum Gasteiger partial charge on any atom is -0.496 e. The largest absolute Gasteiger partial charge is 0.496 e. The number of rotatable bonds is 4. The number of amides is 1. The summed E-state index contributed by atoms with van der Waals surface area (Å²) < 4.78 is 5.21. The number of aryl methyl sites for hydroxylation is 1. The Bertz CT molecular complexity index is 744. The number of nitrogens with zero attached hydrogens (tertiary/aromatic N) is 1. The van der Waals surface area contributed by atoms with Crippen LogP contribution in [0.2, 0.25) is 0 Å². The van der Waals surface area contributed by atoms with Gasteiger partial charge in [-0.2, -0.15) is 5.10 Å². The minimum absolute atomic E-state index is 0.0144. The summed E-state index contributed by atoms with van der Waals surface area (Å²) in [5, 5.41) is 6.72. The number of carbonyl (C=O) groups is 1. The predicted molar refractivity (Wildman–Crippen MR) is 96.1 cm³/mol. The second kappa shape index (κ2) is 8.05. The third-order valence-electron chi connectivity index (χ3n) is 3.11. The maximum absolute atomic E-state index is 12.0. The van der Waals surface area contributed by atoms with E-state index in [1.165, 1.54) is 0 Å². The molecule has 0 spiro atoms. The van der Waals surface area contributed by atoms with Gasteiger partial charge in [0.15, 0.2) is 4.99 Å². The summed E-state index contributed by atoms with van der Waals surface area (Å²) in [5.74, 6) is 0.278. The molecule has 6 heteroatoms. The Balaban J connectivity index is 1.95. The number of nitrogens with one attached hydrogen (secondary N) is 2. The highest BCUT2D eigenvalue weighted by Crippen LogP contribution is 2.14. The molecule has 1 amide bonds. The first-order valence-electron chi connectivity index (χ1n) is 6.95. The molecule has 2 aromatic carbocycles. The summed E-state index contributed by atoms with van der Waals surface area (Å²) in [6.07, 6.45) is 1.55. The Kier molecular flexibility index (Phi) is 5.82. The van der Waals surface area contributed by atoms with Crippen molar-refractivity contribution in [3.63, 3.8) is 0 Å². The van der Waals surface area contributed by atoms with Crippen molar-refractivity contribution in [1.29, 1.82) is 0 Å². The van der Waals surface area contributed by atoms with E-state index in [9.17, 15) is 4.79 Å². The van der Waals surface area contributed by atoms with Gasteiger partial charge in [0.1, 0.15) is 5.75 Å². The number of ether oxygens (including phenoxy) is 1. The molecule has 0 atom stereocenters. The molecule has 2 aromatic rings. The monoisotopic (exact) mass is 327 g/mol. The molecule has 0 heterocycles. The number of hydrogen-bond donors (Lipinski definition) is 2. The second-order valence-electron chi connectivity index (χ2n) is 4.71. The number of para-hydroxylation sites is 2. The van der Waals surface area contributed by atoms with Crippen LogP contribution in [0, 0.1) is 6.92 Å². The fourth-order valence-corrected chi connectivity index (χ4v) is 1.98. The maximum atomic E-state index is 12.0. The highest BCUT2D eigenvalue weighted by atomic mass is 32.1. The molecule has 0 saturated carbocycles. The molecule has 5 nitrogen and oxygen atoms in total. The van der Waals surface area contributed by atoms with Gasteiger partial charge in [0, 0.05) is 11.3 Å². The van der Waals surface area contributed by atoms with Crippen LogP contribution >= 0.6 is 12.2 Å². The number of carbonyl (C=O) groups excluding carboxylic acids is 1. The third-order valence-corrected chi connectivity index (χ3v) is 3.38. The molecule has 0 aliphatic rings. The van der Waals surface area contributed by atoms with Crippen LogP contribution in [0.1, 0.15) is 11.1 Å². The highest BCUT2D eigenvalue weighted by Gasteiger charge is 2.09. The zero-order valence-electron chi connectivity index (χ0n) is 12.9. The lowest BCUT2D eigenvalue weighted by atomic mass is 10.2. The van der Waals surface area contributed by atoms with Crippen LogP contribution in [0.25, 0.3) is 0 Å². The van der Waals surface area contributed by atoms with Gasteiger partial charge in [0.2, 0.25) is 0 Å². The summed E-state index contributed by atoms with van der Waals surface area (Å²) in [6.45, 7) is 1.91. The predicted octanol–water partition coefficient (Wildman–Crippen LogP) is 2.89. The summed E-state index contributed by atoms with van der Waals surface area (Å²) in [5.41, 5.74) is 5.01. The van der Waals surface area contributed by atoms with Crippen molar-refractivity contribution in [1.82, 2.24) is 5.43 Å². The Hall–Kier alpha value is -2.73. The van der Waals surface area contributed by atoms with Crippen molar-refractivity contribution in [3.8, 4) is 5.75 Å². The minimum atomic E-state index is -0.411. The van der Waals surface area contributed by atoms with E-state index in [0.29, 0.717) is 5.75 Å². The number of thiocarbonyl (C=S) groups is 1. The normalized spacial score (nSPS) is 10.3. The Morgan fingerprint density at radius 2 is 1.87 bits per heavy atom. The van der Waals surface area contributed by atoms with Gasteiger partial charge in [-0.15, -0.1) is 0 Å². The van der Waals surface area contributed by atoms with Crippen molar-refractivity contribution < 1.29 is 9.53 Å².